The molecule has 0 spiro atoms. The first-order valence-electron chi connectivity index (χ1n) is 6.57. The predicted molar refractivity (Wildman–Crippen MR) is 78.3 cm³/mol. The van der Waals surface area contributed by atoms with Crippen molar-refractivity contribution < 1.29 is 0 Å². The van der Waals surface area contributed by atoms with Crippen LogP contribution < -0.4 is 10.6 Å². The second-order valence-electron chi connectivity index (χ2n) is 5.74. The number of rotatable bonds is 5. The van der Waals surface area contributed by atoms with E-state index >= 15 is 0 Å². The number of hydrogen-bond acceptors (Lipinski definition) is 5. The lowest BCUT2D eigenvalue weighted by molar-refractivity contribution is 0.269. The largest absolute Gasteiger partial charge is 0.368 e. The SMILES string of the molecule is CNc1nc(NCC(C)(C)C(C)C)c2[nH]cnc2n1. The third kappa shape index (κ3) is 2.77. The zero-order valence-electron chi connectivity index (χ0n) is 12.2. The third-order valence-electron chi connectivity index (χ3n) is 3.78. The van der Waals surface area contributed by atoms with E-state index in [1.165, 1.54) is 0 Å². The Morgan fingerprint density at radius 1 is 1.32 bits per heavy atom. The van der Waals surface area contributed by atoms with E-state index in [1.54, 1.807) is 13.4 Å². The molecule has 2 rings (SSSR count). The Hall–Kier alpha value is -1.85. The fourth-order valence-corrected chi connectivity index (χ4v) is 1.59. The number of aromatic nitrogens is 4. The minimum absolute atomic E-state index is 0.192. The minimum atomic E-state index is 0.192. The van der Waals surface area contributed by atoms with Gasteiger partial charge in [0.25, 0.3) is 0 Å². The lowest BCUT2D eigenvalue weighted by Crippen LogP contribution is -2.29. The Morgan fingerprint density at radius 3 is 2.68 bits per heavy atom. The number of hydrogen-bond donors (Lipinski definition) is 3. The molecule has 2 aromatic heterocycles. The van der Waals surface area contributed by atoms with E-state index in [-0.39, 0.29) is 5.41 Å². The van der Waals surface area contributed by atoms with Gasteiger partial charge in [0.15, 0.2) is 11.5 Å². The molecular weight excluding hydrogens is 240 g/mol. The molecule has 0 unspecified atom stereocenters. The van der Waals surface area contributed by atoms with Gasteiger partial charge >= 0.3 is 0 Å². The number of nitrogens with one attached hydrogen (secondary N) is 3. The van der Waals surface area contributed by atoms with E-state index in [1.807, 2.05) is 0 Å². The van der Waals surface area contributed by atoms with Gasteiger partial charge < -0.3 is 15.6 Å². The minimum Gasteiger partial charge on any atom is -0.368 e. The van der Waals surface area contributed by atoms with Gasteiger partial charge in [-0.25, -0.2) is 4.98 Å². The number of H-pyrrole nitrogens is 1. The summed E-state index contributed by atoms with van der Waals surface area (Å²) in [6.45, 7) is 9.79. The van der Waals surface area contributed by atoms with Gasteiger partial charge in [-0.3, -0.25) is 0 Å². The van der Waals surface area contributed by atoms with E-state index in [9.17, 15) is 0 Å². The summed E-state index contributed by atoms with van der Waals surface area (Å²) in [6, 6.07) is 0. The average Bonchev–Trinajstić information content (AvgIpc) is 2.83. The van der Waals surface area contributed by atoms with Crippen LogP contribution in [0.5, 0.6) is 0 Å². The molecule has 0 amide bonds. The fraction of sp³-hybridized carbons (Fsp3) is 0.615. The van der Waals surface area contributed by atoms with Gasteiger partial charge in [-0.2, -0.15) is 9.97 Å². The number of aromatic amines is 1. The van der Waals surface area contributed by atoms with Crippen molar-refractivity contribution in [2.75, 3.05) is 24.2 Å². The van der Waals surface area contributed by atoms with Crippen molar-refractivity contribution in [3.8, 4) is 0 Å². The molecule has 6 nitrogen and oxygen atoms in total. The number of fused-ring (bicyclic) bond motifs is 1. The summed E-state index contributed by atoms with van der Waals surface area (Å²) in [5.41, 5.74) is 1.71. The summed E-state index contributed by atoms with van der Waals surface area (Å²) in [6.07, 6.45) is 1.64. The molecule has 0 fully saturated rings. The maximum Gasteiger partial charge on any atom is 0.226 e. The first kappa shape index (κ1) is 13.6. The second kappa shape index (κ2) is 5.03. The summed E-state index contributed by atoms with van der Waals surface area (Å²) in [4.78, 5) is 16.0. The van der Waals surface area contributed by atoms with Gasteiger partial charge in [-0.05, 0) is 11.3 Å². The molecule has 0 atom stereocenters. The Bertz CT molecular complexity index is 557. The maximum atomic E-state index is 4.45. The van der Waals surface area contributed by atoms with Crippen molar-refractivity contribution in [2.24, 2.45) is 11.3 Å². The first-order valence-corrected chi connectivity index (χ1v) is 6.57. The van der Waals surface area contributed by atoms with Gasteiger partial charge in [0.2, 0.25) is 5.95 Å². The second-order valence-corrected chi connectivity index (χ2v) is 5.74. The van der Waals surface area contributed by atoms with Gasteiger partial charge in [-0.1, -0.05) is 27.7 Å². The van der Waals surface area contributed by atoms with Crippen LogP contribution in [0.4, 0.5) is 11.8 Å². The van der Waals surface area contributed by atoms with Crippen molar-refractivity contribution in [2.45, 2.75) is 27.7 Å². The number of nitrogens with zero attached hydrogens (tertiary/aromatic N) is 3. The molecule has 2 aromatic rings. The van der Waals surface area contributed by atoms with Crippen LogP contribution in [-0.2, 0) is 0 Å². The molecule has 0 aliphatic heterocycles. The van der Waals surface area contributed by atoms with E-state index in [2.05, 4.69) is 58.3 Å². The zero-order chi connectivity index (χ0) is 14.0. The Morgan fingerprint density at radius 2 is 2.05 bits per heavy atom. The lowest BCUT2D eigenvalue weighted by Gasteiger charge is -2.29. The molecule has 3 N–H and O–H groups in total. The highest BCUT2D eigenvalue weighted by molar-refractivity contribution is 5.83. The van der Waals surface area contributed by atoms with Crippen molar-refractivity contribution >= 4 is 22.9 Å². The van der Waals surface area contributed by atoms with Gasteiger partial charge in [-0.15, -0.1) is 0 Å². The normalized spacial score (nSPS) is 12.1. The van der Waals surface area contributed by atoms with Crippen LogP contribution in [0.25, 0.3) is 11.2 Å². The Balaban J connectivity index is 2.27. The summed E-state index contributed by atoms with van der Waals surface area (Å²) >= 11 is 0. The maximum absolute atomic E-state index is 4.45. The van der Waals surface area contributed by atoms with Crippen LogP contribution in [0.1, 0.15) is 27.7 Å². The molecular formula is C13H22N6. The molecule has 0 bridgehead atoms. The van der Waals surface area contributed by atoms with Crippen LogP contribution in [0.15, 0.2) is 6.33 Å². The molecule has 2 heterocycles. The molecule has 0 radical (unpaired) electrons. The summed E-state index contributed by atoms with van der Waals surface area (Å²) in [5, 5.41) is 6.36. The quantitative estimate of drug-likeness (QED) is 0.771. The summed E-state index contributed by atoms with van der Waals surface area (Å²) < 4.78 is 0. The van der Waals surface area contributed by atoms with Crippen molar-refractivity contribution in [1.82, 2.24) is 19.9 Å². The van der Waals surface area contributed by atoms with E-state index < -0.39 is 0 Å². The monoisotopic (exact) mass is 262 g/mol. The molecule has 0 aliphatic rings. The number of imidazole rings is 1. The van der Waals surface area contributed by atoms with Gasteiger partial charge in [0.05, 0.1) is 6.33 Å². The topological polar surface area (TPSA) is 78.5 Å². The smallest absolute Gasteiger partial charge is 0.226 e. The summed E-state index contributed by atoms with van der Waals surface area (Å²) in [5.74, 6) is 1.95. The van der Waals surface area contributed by atoms with Crippen LogP contribution in [0, 0.1) is 11.3 Å². The summed E-state index contributed by atoms with van der Waals surface area (Å²) in [7, 11) is 1.80. The van der Waals surface area contributed by atoms with E-state index in [4.69, 9.17) is 0 Å². The Labute approximate surface area is 113 Å². The van der Waals surface area contributed by atoms with Crippen LogP contribution >= 0.6 is 0 Å². The lowest BCUT2D eigenvalue weighted by atomic mass is 9.81. The highest BCUT2D eigenvalue weighted by atomic mass is 15.2. The average molecular weight is 262 g/mol. The molecule has 0 aromatic carbocycles. The van der Waals surface area contributed by atoms with Gasteiger partial charge in [0, 0.05) is 13.6 Å². The van der Waals surface area contributed by atoms with Gasteiger partial charge in [0.1, 0.15) is 5.52 Å². The molecule has 0 saturated heterocycles. The van der Waals surface area contributed by atoms with Crippen LogP contribution in [0.3, 0.4) is 0 Å². The number of anilines is 2. The highest BCUT2D eigenvalue weighted by Crippen LogP contribution is 2.27. The van der Waals surface area contributed by atoms with Crippen LogP contribution in [-0.4, -0.2) is 33.5 Å². The van der Waals surface area contributed by atoms with Crippen LogP contribution in [0.2, 0.25) is 0 Å². The molecule has 6 heteroatoms. The molecule has 0 aliphatic carbocycles. The standard InChI is InChI=1S/C13H22N6/c1-8(2)13(3,4)6-15-10-9-11(17-7-16-9)19-12(14-5)18-10/h7-8H,6H2,1-5H3,(H3,14,15,16,17,18,19). The molecule has 19 heavy (non-hydrogen) atoms. The van der Waals surface area contributed by atoms with E-state index in [0.29, 0.717) is 17.5 Å². The molecule has 0 saturated carbocycles. The Kier molecular flexibility index (Phi) is 3.59. The predicted octanol–water partition coefficient (Wildman–Crippen LogP) is 2.49. The van der Waals surface area contributed by atoms with Crippen molar-refractivity contribution in [3.05, 3.63) is 6.33 Å². The fourth-order valence-electron chi connectivity index (χ4n) is 1.59. The van der Waals surface area contributed by atoms with Crippen molar-refractivity contribution in [3.63, 3.8) is 0 Å². The molecule has 104 valence electrons. The zero-order valence-corrected chi connectivity index (χ0v) is 12.2. The van der Waals surface area contributed by atoms with E-state index in [0.717, 1.165) is 17.9 Å². The first-order chi connectivity index (χ1) is 8.94. The van der Waals surface area contributed by atoms with Crippen molar-refractivity contribution in [1.29, 1.82) is 0 Å². The highest BCUT2D eigenvalue weighted by Gasteiger charge is 2.22. The third-order valence-corrected chi connectivity index (χ3v) is 3.78.